The second-order valence-electron chi connectivity index (χ2n) is 2.36. The number of nitrogens with two attached hydrogens (primary N) is 1. The van der Waals surface area contributed by atoms with Crippen LogP contribution < -0.4 is 5.73 Å². The third-order valence-corrected chi connectivity index (χ3v) is 2.54. The van der Waals surface area contributed by atoms with Gasteiger partial charge in [0.15, 0.2) is 0 Å². The van der Waals surface area contributed by atoms with Crippen LogP contribution in [0.4, 0.5) is 0 Å². The normalized spacial score (nSPS) is 12.5. The van der Waals surface area contributed by atoms with Crippen molar-refractivity contribution in [3.05, 3.63) is 34.3 Å². The zero-order chi connectivity index (χ0) is 9.14. The number of benzene rings is 1. The highest BCUT2D eigenvalue weighted by atomic mass is 79.9. The Hall–Kier alpha value is -0.480. The molecule has 12 heavy (non-hydrogen) atoms. The van der Waals surface area contributed by atoms with Crippen LogP contribution in [-0.4, -0.2) is 5.91 Å². The van der Waals surface area contributed by atoms with Gasteiger partial charge in [-0.3, -0.25) is 4.79 Å². The van der Waals surface area contributed by atoms with Crippen LogP contribution in [0.1, 0.15) is 10.8 Å². The van der Waals surface area contributed by atoms with Crippen LogP contribution in [0.3, 0.4) is 0 Å². The van der Waals surface area contributed by atoms with Gasteiger partial charge in [0.2, 0.25) is 5.91 Å². The monoisotopic (exact) mass is 245 g/mol. The zero-order valence-corrected chi connectivity index (χ0v) is 8.68. The summed E-state index contributed by atoms with van der Waals surface area (Å²) in [4.78, 5) is 10.7. The van der Waals surface area contributed by atoms with Crippen molar-refractivity contribution >= 4 is 34.5 Å². The number of amides is 1. The van der Waals surface area contributed by atoms with Crippen LogP contribution in [0, 0.1) is 0 Å². The van der Waals surface area contributed by atoms with E-state index in [0.29, 0.717) is 0 Å². The molecule has 2 N–H and O–H groups in total. The first-order valence-corrected chi connectivity index (χ1v) is 4.65. The van der Waals surface area contributed by atoms with E-state index in [1.54, 1.807) is 0 Å². The maximum atomic E-state index is 10.7. The number of carbonyl (C=O) groups excluding carboxylic acids is 1. The molecule has 4 heteroatoms. The van der Waals surface area contributed by atoms with Crippen molar-refractivity contribution in [1.82, 2.24) is 0 Å². The summed E-state index contributed by atoms with van der Waals surface area (Å²) in [5.41, 5.74) is 5.89. The number of primary amides is 1. The van der Waals surface area contributed by atoms with Crippen molar-refractivity contribution < 1.29 is 4.79 Å². The third kappa shape index (κ3) is 2.25. The predicted molar refractivity (Wildman–Crippen MR) is 55.1 cm³/mol. The van der Waals surface area contributed by atoms with Gasteiger partial charge in [0.25, 0.3) is 0 Å². The maximum Gasteiger partial charge on any atom is 0.234 e. The van der Waals surface area contributed by atoms with Gasteiger partial charge in [-0.05, 0) is 17.7 Å². The van der Waals surface area contributed by atoms with Gasteiger partial charge in [0, 0.05) is 4.47 Å². The quantitative estimate of drug-likeness (QED) is 0.769. The summed E-state index contributed by atoms with van der Waals surface area (Å²) in [7, 11) is 0. The molecular weight excluding hydrogens is 238 g/mol. The lowest BCUT2D eigenvalue weighted by molar-refractivity contribution is -0.117. The van der Waals surface area contributed by atoms with Crippen molar-refractivity contribution in [2.24, 2.45) is 5.73 Å². The van der Waals surface area contributed by atoms with Crippen LogP contribution in [0.25, 0.3) is 0 Å². The maximum absolute atomic E-state index is 10.7. The zero-order valence-electron chi connectivity index (χ0n) is 6.20. The van der Waals surface area contributed by atoms with Gasteiger partial charge in [-0.25, -0.2) is 0 Å². The summed E-state index contributed by atoms with van der Waals surface area (Å²) >= 11 is 7.35. The van der Waals surface area contributed by atoms with Gasteiger partial charge in [0.1, 0.15) is 5.25 Å². The molecule has 0 saturated carbocycles. The molecule has 64 valence electrons. The Morgan fingerprint density at radius 2 is 1.92 bits per heavy atom. The fourth-order valence-electron chi connectivity index (χ4n) is 0.809. The molecular formula is C8H8BrNOS. The summed E-state index contributed by atoms with van der Waals surface area (Å²) < 4.78 is 0.969. The van der Waals surface area contributed by atoms with Gasteiger partial charge in [-0.15, -0.1) is 0 Å². The summed E-state index contributed by atoms with van der Waals surface area (Å²) in [6.45, 7) is 0. The molecule has 1 unspecified atom stereocenters. The van der Waals surface area contributed by atoms with Gasteiger partial charge in [-0.2, -0.15) is 12.6 Å². The molecule has 0 spiro atoms. The fraction of sp³-hybridized carbons (Fsp3) is 0.125. The fourth-order valence-corrected chi connectivity index (χ4v) is 1.25. The van der Waals surface area contributed by atoms with Crippen molar-refractivity contribution in [1.29, 1.82) is 0 Å². The van der Waals surface area contributed by atoms with Crippen molar-refractivity contribution in [3.8, 4) is 0 Å². The molecule has 0 fully saturated rings. The lowest BCUT2D eigenvalue weighted by atomic mass is 10.1. The molecule has 0 aliphatic carbocycles. The molecule has 2 nitrogen and oxygen atoms in total. The minimum absolute atomic E-state index is 0.430. The van der Waals surface area contributed by atoms with Crippen molar-refractivity contribution in [2.45, 2.75) is 5.25 Å². The number of hydrogen-bond acceptors (Lipinski definition) is 2. The van der Waals surface area contributed by atoms with E-state index < -0.39 is 11.2 Å². The average Bonchev–Trinajstić information content (AvgIpc) is 2.04. The number of halogens is 1. The third-order valence-electron chi connectivity index (χ3n) is 1.46. The molecule has 0 aliphatic rings. The lowest BCUT2D eigenvalue weighted by Crippen LogP contribution is -2.16. The standard InChI is InChI=1S/C8H8BrNOS/c9-6-3-1-5(2-4-6)7(12)8(10)11/h1-4,7,12H,(H2,10,11). The molecule has 0 aromatic heterocycles. The lowest BCUT2D eigenvalue weighted by Gasteiger charge is -2.05. The van der Waals surface area contributed by atoms with Gasteiger partial charge in [-0.1, -0.05) is 28.1 Å². The Morgan fingerprint density at radius 1 is 1.42 bits per heavy atom. The largest absolute Gasteiger partial charge is 0.368 e. The first-order valence-electron chi connectivity index (χ1n) is 3.34. The van der Waals surface area contributed by atoms with E-state index in [-0.39, 0.29) is 0 Å². The smallest absolute Gasteiger partial charge is 0.234 e. The van der Waals surface area contributed by atoms with Gasteiger partial charge < -0.3 is 5.73 Å². The summed E-state index contributed by atoms with van der Waals surface area (Å²) in [5, 5.41) is -0.516. The van der Waals surface area contributed by atoms with E-state index in [4.69, 9.17) is 5.73 Å². The number of carbonyl (C=O) groups is 1. The first-order chi connectivity index (χ1) is 5.61. The van der Waals surface area contributed by atoms with E-state index in [1.807, 2.05) is 24.3 Å². The van der Waals surface area contributed by atoms with E-state index in [9.17, 15) is 4.79 Å². The number of hydrogen-bond donors (Lipinski definition) is 2. The molecule has 0 bridgehead atoms. The Bertz CT molecular complexity index is 286. The van der Waals surface area contributed by atoms with E-state index in [0.717, 1.165) is 10.0 Å². The Balaban J connectivity index is 2.89. The van der Waals surface area contributed by atoms with E-state index >= 15 is 0 Å². The minimum Gasteiger partial charge on any atom is -0.368 e. The van der Waals surface area contributed by atoms with Crippen LogP contribution in [0.5, 0.6) is 0 Å². The molecule has 0 heterocycles. The highest BCUT2D eigenvalue weighted by molar-refractivity contribution is 9.10. The summed E-state index contributed by atoms with van der Waals surface area (Å²) in [6.07, 6.45) is 0. The topological polar surface area (TPSA) is 43.1 Å². The molecule has 0 saturated heterocycles. The SMILES string of the molecule is NC(=O)C(S)c1ccc(Br)cc1. The van der Waals surface area contributed by atoms with Gasteiger partial charge >= 0.3 is 0 Å². The van der Waals surface area contributed by atoms with Gasteiger partial charge in [0.05, 0.1) is 0 Å². The molecule has 1 atom stereocenters. The van der Waals surface area contributed by atoms with E-state index in [2.05, 4.69) is 28.6 Å². The predicted octanol–water partition coefficient (Wildman–Crippen LogP) is 1.91. The molecule has 0 radical (unpaired) electrons. The Morgan fingerprint density at radius 3 is 2.33 bits per heavy atom. The Labute approximate surface area is 84.7 Å². The second-order valence-corrected chi connectivity index (χ2v) is 3.79. The average molecular weight is 246 g/mol. The van der Waals surface area contributed by atoms with Crippen molar-refractivity contribution in [3.63, 3.8) is 0 Å². The van der Waals surface area contributed by atoms with Crippen LogP contribution >= 0.6 is 28.6 Å². The molecule has 0 aliphatic heterocycles. The molecule has 1 aromatic carbocycles. The van der Waals surface area contributed by atoms with Crippen LogP contribution in [-0.2, 0) is 4.79 Å². The van der Waals surface area contributed by atoms with E-state index in [1.165, 1.54) is 0 Å². The highest BCUT2D eigenvalue weighted by Gasteiger charge is 2.11. The van der Waals surface area contributed by atoms with Crippen LogP contribution in [0.2, 0.25) is 0 Å². The first kappa shape index (κ1) is 9.61. The number of rotatable bonds is 2. The molecule has 1 rings (SSSR count). The molecule has 1 aromatic rings. The summed E-state index contributed by atoms with van der Waals surface area (Å²) in [6, 6.07) is 7.32. The second kappa shape index (κ2) is 3.96. The highest BCUT2D eigenvalue weighted by Crippen LogP contribution is 2.21. The number of thiol groups is 1. The minimum atomic E-state index is -0.516. The molecule has 1 amide bonds. The summed E-state index contributed by atoms with van der Waals surface area (Å²) in [5.74, 6) is -0.430. The van der Waals surface area contributed by atoms with Crippen LogP contribution in [0.15, 0.2) is 28.7 Å². The van der Waals surface area contributed by atoms with Crippen molar-refractivity contribution in [2.75, 3.05) is 0 Å². The Kier molecular flexibility index (Phi) is 3.17.